The fourth-order valence-electron chi connectivity index (χ4n) is 1.67. The molecule has 100 valence electrons. The fraction of sp³-hybridized carbons (Fsp3) is 0.364. The van der Waals surface area contributed by atoms with Crippen LogP contribution >= 0.6 is 15.9 Å². The number of amides is 1. The number of benzene rings is 1. The van der Waals surface area contributed by atoms with Crippen molar-refractivity contribution in [2.45, 2.75) is 18.9 Å². The zero-order valence-corrected chi connectivity index (χ0v) is 11.1. The average molecular weight is 324 g/mol. The van der Waals surface area contributed by atoms with E-state index in [9.17, 15) is 13.6 Å². The van der Waals surface area contributed by atoms with Crippen molar-refractivity contribution in [3.8, 4) is 0 Å². The van der Waals surface area contributed by atoms with E-state index in [1.54, 1.807) is 0 Å². The lowest BCUT2D eigenvalue weighted by atomic mass is 9.88. The second-order valence-electron chi connectivity index (χ2n) is 3.98. The largest absolute Gasteiger partial charge is 0.465 e. The van der Waals surface area contributed by atoms with Crippen molar-refractivity contribution in [3.05, 3.63) is 33.8 Å². The molecule has 4 nitrogen and oxygen atoms in total. The van der Waals surface area contributed by atoms with E-state index in [1.165, 1.54) is 6.92 Å². The zero-order chi connectivity index (χ0) is 13.9. The molecule has 1 rings (SSSR count). The molecular weight excluding hydrogens is 312 g/mol. The minimum Gasteiger partial charge on any atom is -0.465 e. The number of hydrogen-bond donors (Lipinski definition) is 3. The van der Waals surface area contributed by atoms with Gasteiger partial charge in [-0.05, 0) is 35.3 Å². The van der Waals surface area contributed by atoms with Crippen molar-refractivity contribution in [1.29, 1.82) is 0 Å². The van der Waals surface area contributed by atoms with Crippen molar-refractivity contribution in [2.24, 2.45) is 0 Å². The Labute approximate surface area is 111 Å². The smallest absolute Gasteiger partial charge is 0.405 e. The van der Waals surface area contributed by atoms with Crippen LogP contribution in [0, 0.1) is 11.6 Å². The van der Waals surface area contributed by atoms with E-state index >= 15 is 0 Å². The molecule has 0 radical (unpaired) electrons. The van der Waals surface area contributed by atoms with Gasteiger partial charge in [-0.2, -0.15) is 0 Å². The van der Waals surface area contributed by atoms with Gasteiger partial charge in [-0.1, -0.05) is 0 Å². The predicted octanol–water partition coefficient (Wildman–Crippen LogP) is 2.59. The minimum absolute atomic E-state index is 0.0234. The van der Waals surface area contributed by atoms with Crippen molar-refractivity contribution >= 4 is 22.0 Å². The highest BCUT2D eigenvalue weighted by Crippen LogP contribution is 2.30. The lowest BCUT2D eigenvalue weighted by Gasteiger charge is -2.30. The Balaban J connectivity index is 3.28. The summed E-state index contributed by atoms with van der Waals surface area (Å²) in [5.41, 5.74) is -1.37. The predicted molar refractivity (Wildman–Crippen MR) is 64.3 cm³/mol. The van der Waals surface area contributed by atoms with Crippen molar-refractivity contribution in [3.63, 3.8) is 0 Å². The van der Waals surface area contributed by atoms with Crippen molar-refractivity contribution in [1.82, 2.24) is 5.32 Å². The molecule has 0 spiro atoms. The summed E-state index contributed by atoms with van der Waals surface area (Å²) in [6, 6.07) is 1.83. The van der Waals surface area contributed by atoms with Gasteiger partial charge in [0.05, 0.1) is 10.0 Å². The summed E-state index contributed by atoms with van der Waals surface area (Å²) in [6.07, 6.45) is -1.39. The van der Waals surface area contributed by atoms with E-state index < -0.39 is 23.3 Å². The maximum Gasteiger partial charge on any atom is 0.405 e. The molecular formula is C11H12BrF2NO3. The highest BCUT2D eigenvalue weighted by Gasteiger charge is 2.31. The molecule has 0 fully saturated rings. The van der Waals surface area contributed by atoms with Crippen LogP contribution in [0.25, 0.3) is 0 Å². The third-order valence-corrected chi connectivity index (χ3v) is 3.21. The molecule has 1 aromatic rings. The van der Waals surface area contributed by atoms with E-state index in [0.29, 0.717) is 6.07 Å². The highest BCUT2D eigenvalue weighted by molar-refractivity contribution is 9.10. The topological polar surface area (TPSA) is 69.6 Å². The monoisotopic (exact) mass is 323 g/mol. The minimum atomic E-state index is -1.36. The lowest BCUT2D eigenvalue weighted by Crippen LogP contribution is -2.44. The first-order valence-corrected chi connectivity index (χ1v) is 5.86. The van der Waals surface area contributed by atoms with Crippen LogP contribution in [-0.2, 0) is 5.54 Å². The Morgan fingerprint density at radius 1 is 1.44 bits per heavy atom. The van der Waals surface area contributed by atoms with Crippen LogP contribution in [0.1, 0.15) is 18.9 Å². The molecule has 1 amide bonds. The van der Waals surface area contributed by atoms with Gasteiger partial charge in [0.2, 0.25) is 0 Å². The second kappa shape index (κ2) is 5.62. The van der Waals surface area contributed by atoms with Gasteiger partial charge >= 0.3 is 6.09 Å². The first-order valence-electron chi connectivity index (χ1n) is 5.07. The number of carbonyl (C=O) groups is 1. The van der Waals surface area contributed by atoms with Crippen LogP contribution in [0.2, 0.25) is 0 Å². The Hall–Kier alpha value is -1.21. The summed E-state index contributed by atoms with van der Waals surface area (Å²) in [6.45, 7) is 1.07. The number of rotatable bonds is 4. The van der Waals surface area contributed by atoms with E-state index in [0.717, 1.165) is 6.07 Å². The SMILES string of the molecule is CC(CCO)(NC(=O)O)c1cc(Br)c(F)cc1F. The number of aliphatic hydroxyl groups is 1. The second-order valence-corrected chi connectivity index (χ2v) is 4.84. The van der Waals surface area contributed by atoms with Gasteiger partial charge in [-0.15, -0.1) is 0 Å². The summed E-state index contributed by atoms with van der Waals surface area (Å²) in [5.74, 6) is -1.65. The number of nitrogens with one attached hydrogen (secondary N) is 1. The maximum atomic E-state index is 13.7. The third-order valence-electron chi connectivity index (χ3n) is 2.60. The molecule has 0 saturated heterocycles. The molecule has 0 aliphatic heterocycles. The quantitative estimate of drug-likeness (QED) is 0.746. The maximum absolute atomic E-state index is 13.7. The molecule has 1 atom stereocenters. The molecule has 0 saturated carbocycles. The number of halogens is 3. The van der Waals surface area contributed by atoms with Crippen LogP contribution in [0.15, 0.2) is 16.6 Å². The van der Waals surface area contributed by atoms with E-state index in [-0.39, 0.29) is 23.1 Å². The third kappa shape index (κ3) is 3.17. The summed E-state index contributed by atoms with van der Waals surface area (Å²) in [7, 11) is 0. The van der Waals surface area contributed by atoms with Gasteiger partial charge < -0.3 is 15.5 Å². The van der Waals surface area contributed by atoms with E-state index in [2.05, 4.69) is 21.2 Å². The van der Waals surface area contributed by atoms with E-state index in [1.807, 2.05) is 0 Å². The van der Waals surface area contributed by atoms with Gasteiger partial charge in [0.25, 0.3) is 0 Å². The fourth-order valence-corrected chi connectivity index (χ4v) is 2.01. The van der Waals surface area contributed by atoms with Gasteiger partial charge in [-0.25, -0.2) is 13.6 Å². The van der Waals surface area contributed by atoms with Gasteiger partial charge in [0.15, 0.2) is 0 Å². The van der Waals surface area contributed by atoms with Crippen LogP contribution in [-0.4, -0.2) is 22.9 Å². The number of carboxylic acid groups (broad SMARTS) is 1. The van der Waals surface area contributed by atoms with Crippen LogP contribution in [0.5, 0.6) is 0 Å². The summed E-state index contributed by atoms with van der Waals surface area (Å²) >= 11 is 2.91. The summed E-state index contributed by atoms with van der Waals surface area (Å²) < 4.78 is 26.9. The molecule has 0 aliphatic rings. The lowest BCUT2D eigenvalue weighted by molar-refractivity contribution is 0.166. The van der Waals surface area contributed by atoms with Crippen molar-refractivity contribution < 1.29 is 23.8 Å². The van der Waals surface area contributed by atoms with Gasteiger partial charge in [0.1, 0.15) is 11.6 Å². The first kappa shape index (κ1) is 14.8. The normalized spacial score (nSPS) is 14.1. The standard InChI is InChI=1S/C11H12BrF2NO3/c1-11(2-3-16,15-10(17)18)6-4-7(12)9(14)5-8(6)13/h4-5,15-16H,2-3H2,1H3,(H,17,18). The molecule has 1 aromatic carbocycles. The van der Waals surface area contributed by atoms with Crippen LogP contribution in [0.3, 0.4) is 0 Å². The average Bonchev–Trinajstić information content (AvgIpc) is 2.22. The zero-order valence-electron chi connectivity index (χ0n) is 9.51. The van der Waals surface area contributed by atoms with Gasteiger partial charge in [0, 0.05) is 18.2 Å². The molecule has 0 aliphatic carbocycles. The molecule has 7 heteroatoms. The Kier molecular flexibility index (Phi) is 4.64. The highest BCUT2D eigenvalue weighted by atomic mass is 79.9. The molecule has 18 heavy (non-hydrogen) atoms. The molecule has 3 N–H and O–H groups in total. The number of hydrogen-bond acceptors (Lipinski definition) is 2. The Morgan fingerprint density at radius 2 is 2.06 bits per heavy atom. The molecule has 0 heterocycles. The molecule has 1 unspecified atom stereocenters. The molecule has 0 aromatic heterocycles. The van der Waals surface area contributed by atoms with Gasteiger partial charge in [-0.3, -0.25) is 0 Å². The van der Waals surface area contributed by atoms with Crippen LogP contribution in [0.4, 0.5) is 13.6 Å². The molecule has 0 bridgehead atoms. The summed E-state index contributed by atoms with van der Waals surface area (Å²) in [5, 5.41) is 19.8. The Morgan fingerprint density at radius 3 is 2.56 bits per heavy atom. The van der Waals surface area contributed by atoms with Crippen LogP contribution < -0.4 is 5.32 Å². The first-order chi connectivity index (χ1) is 8.30. The Bertz CT molecular complexity index is 470. The van der Waals surface area contributed by atoms with E-state index in [4.69, 9.17) is 10.2 Å². The van der Waals surface area contributed by atoms with Crippen molar-refractivity contribution in [2.75, 3.05) is 6.61 Å². The number of aliphatic hydroxyl groups excluding tert-OH is 1. The summed E-state index contributed by atoms with van der Waals surface area (Å²) in [4.78, 5) is 10.7.